The highest BCUT2D eigenvalue weighted by atomic mass is 16.3. The zero-order chi connectivity index (χ0) is 42.8. The molecule has 5 aliphatic rings. The average molecular weight is 830 g/mol. The lowest BCUT2D eigenvalue weighted by molar-refractivity contribution is 0.660. The van der Waals surface area contributed by atoms with Crippen LogP contribution < -0.4 is 4.90 Å². The molecule has 1 spiro atoms. The highest BCUT2D eigenvalue weighted by Crippen LogP contribution is 2.68. The van der Waals surface area contributed by atoms with E-state index in [2.05, 4.69) is 219 Å². The van der Waals surface area contributed by atoms with E-state index in [1.54, 1.807) is 5.57 Å². The molecule has 0 N–H and O–H groups in total. The molecule has 3 atom stereocenters. The van der Waals surface area contributed by atoms with Crippen molar-refractivity contribution in [3.05, 3.63) is 239 Å². The van der Waals surface area contributed by atoms with E-state index in [0.29, 0.717) is 11.8 Å². The SMILES string of the molecule is CC1(C)c2ccccc2-c2ccc(N(c3ccc4c(c3)C3(C5=C(c6ccccc63)C3CC3C=C5)c3ccccc3-4)c3ccc(-c4ccccc4)c4oc5ccc6ccccc6c5c34)cc21. The summed E-state index contributed by atoms with van der Waals surface area (Å²) in [5.41, 5.74) is 23.4. The molecule has 1 saturated carbocycles. The molecule has 65 heavy (non-hydrogen) atoms. The van der Waals surface area contributed by atoms with Crippen LogP contribution in [0.5, 0.6) is 0 Å². The average Bonchev–Trinajstić information content (AvgIpc) is 3.72. The molecular weight excluding hydrogens is 787 g/mol. The van der Waals surface area contributed by atoms with Crippen molar-refractivity contribution in [2.75, 3.05) is 4.90 Å². The van der Waals surface area contributed by atoms with Crippen molar-refractivity contribution in [2.24, 2.45) is 11.8 Å². The molecule has 9 aromatic carbocycles. The van der Waals surface area contributed by atoms with Gasteiger partial charge in [0.25, 0.3) is 0 Å². The third-order valence-electron chi connectivity index (χ3n) is 16.0. The van der Waals surface area contributed by atoms with Gasteiger partial charge in [0.05, 0.1) is 16.5 Å². The number of hydrogen-bond acceptors (Lipinski definition) is 2. The first-order chi connectivity index (χ1) is 32.0. The van der Waals surface area contributed by atoms with Gasteiger partial charge in [-0.15, -0.1) is 0 Å². The predicted molar refractivity (Wildman–Crippen MR) is 268 cm³/mol. The van der Waals surface area contributed by atoms with E-state index in [-0.39, 0.29) is 5.41 Å². The lowest BCUT2D eigenvalue weighted by Crippen LogP contribution is -2.27. The fourth-order valence-electron chi connectivity index (χ4n) is 13.0. The number of nitrogens with zero attached hydrogens (tertiary/aromatic N) is 1. The molecular formula is C63H43NO. The van der Waals surface area contributed by atoms with Crippen LogP contribution in [0.4, 0.5) is 17.1 Å². The number of rotatable bonds is 4. The summed E-state index contributed by atoms with van der Waals surface area (Å²) in [4.78, 5) is 2.55. The monoisotopic (exact) mass is 829 g/mol. The zero-order valence-electron chi connectivity index (χ0n) is 36.3. The molecule has 306 valence electrons. The Morgan fingerprint density at radius 1 is 0.508 bits per heavy atom. The van der Waals surface area contributed by atoms with Gasteiger partial charge in [0, 0.05) is 27.7 Å². The van der Waals surface area contributed by atoms with Crippen LogP contribution in [0.15, 0.2) is 210 Å². The van der Waals surface area contributed by atoms with Gasteiger partial charge in [-0.2, -0.15) is 0 Å². The van der Waals surface area contributed by atoms with Gasteiger partial charge >= 0.3 is 0 Å². The second-order valence-corrected chi connectivity index (χ2v) is 19.5. The van der Waals surface area contributed by atoms with Crippen LogP contribution in [0, 0.1) is 11.8 Å². The molecule has 5 aliphatic carbocycles. The van der Waals surface area contributed by atoms with Gasteiger partial charge in [-0.3, -0.25) is 0 Å². The number of anilines is 3. The molecule has 15 rings (SSSR count). The quantitative estimate of drug-likeness (QED) is 0.176. The highest BCUT2D eigenvalue weighted by Gasteiger charge is 2.57. The third-order valence-corrected chi connectivity index (χ3v) is 16.0. The van der Waals surface area contributed by atoms with Crippen LogP contribution in [-0.2, 0) is 10.8 Å². The van der Waals surface area contributed by atoms with Crippen molar-refractivity contribution in [2.45, 2.75) is 31.1 Å². The largest absolute Gasteiger partial charge is 0.455 e. The van der Waals surface area contributed by atoms with Crippen molar-refractivity contribution in [3.8, 4) is 33.4 Å². The second kappa shape index (κ2) is 12.5. The van der Waals surface area contributed by atoms with Gasteiger partial charge in [0.15, 0.2) is 0 Å². The fraction of sp³-hybridized carbons (Fsp3) is 0.111. The standard InChI is InChI=1S/C63H43NO/c1-62(2)50-21-11-8-18-44(50)46-28-26-40(35-54(46)62)64(56-32-30-43(37-14-4-3-5-15-37)61-60(56)59-42-17-7-6-16-38(42)25-33-57(59)65-61)41-27-29-47-45-19-9-12-22-51(45)63(55(47)36-41)52-23-13-10-20-48(52)58-49-34-39(49)24-31-53(58)63/h3-33,35-36,39,49H,34H2,1-2H3. The summed E-state index contributed by atoms with van der Waals surface area (Å²) < 4.78 is 7.12. The van der Waals surface area contributed by atoms with E-state index >= 15 is 0 Å². The molecule has 0 amide bonds. The number of hydrogen-bond donors (Lipinski definition) is 0. The lowest BCUT2D eigenvalue weighted by Gasteiger charge is -2.34. The zero-order valence-corrected chi connectivity index (χ0v) is 36.3. The molecule has 0 bridgehead atoms. The summed E-state index contributed by atoms with van der Waals surface area (Å²) in [6, 6.07) is 70.5. The van der Waals surface area contributed by atoms with Crippen LogP contribution in [0.1, 0.15) is 53.6 Å². The topological polar surface area (TPSA) is 16.4 Å². The molecule has 2 heteroatoms. The predicted octanol–water partition coefficient (Wildman–Crippen LogP) is 16.5. The van der Waals surface area contributed by atoms with E-state index in [4.69, 9.17) is 4.42 Å². The van der Waals surface area contributed by atoms with E-state index in [9.17, 15) is 0 Å². The van der Waals surface area contributed by atoms with Gasteiger partial charge in [-0.1, -0.05) is 172 Å². The summed E-state index contributed by atoms with van der Waals surface area (Å²) in [6.07, 6.45) is 6.26. The van der Waals surface area contributed by atoms with Gasteiger partial charge in [0.2, 0.25) is 0 Å². The summed E-state index contributed by atoms with van der Waals surface area (Å²) in [5, 5.41) is 4.64. The van der Waals surface area contributed by atoms with Gasteiger partial charge in [0.1, 0.15) is 11.2 Å². The Morgan fingerprint density at radius 3 is 1.92 bits per heavy atom. The Balaban J connectivity index is 1.05. The number of allylic oxidation sites excluding steroid dienone is 4. The Kier molecular flexibility index (Phi) is 6.89. The molecule has 1 aromatic heterocycles. The number of furan rings is 1. The Hall–Kier alpha value is -7.68. The van der Waals surface area contributed by atoms with Crippen molar-refractivity contribution < 1.29 is 4.42 Å². The van der Waals surface area contributed by atoms with Crippen molar-refractivity contribution in [3.63, 3.8) is 0 Å². The lowest BCUT2D eigenvalue weighted by atomic mass is 9.69. The Labute approximate surface area is 378 Å². The summed E-state index contributed by atoms with van der Waals surface area (Å²) in [6.45, 7) is 4.77. The molecule has 0 saturated heterocycles. The molecule has 0 aliphatic heterocycles. The number of fused-ring (bicyclic) bond motifs is 19. The Bertz CT molecular complexity index is 3800. The van der Waals surface area contributed by atoms with Crippen molar-refractivity contribution in [1.82, 2.24) is 0 Å². The van der Waals surface area contributed by atoms with Crippen LogP contribution >= 0.6 is 0 Å². The maximum atomic E-state index is 7.12. The van der Waals surface area contributed by atoms with Crippen LogP contribution in [0.2, 0.25) is 0 Å². The molecule has 10 aromatic rings. The molecule has 3 unspecified atom stereocenters. The van der Waals surface area contributed by atoms with Crippen molar-refractivity contribution in [1.29, 1.82) is 0 Å². The first-order valence-corrected chi connectivity index (χ1v) is 23.2. The van der Waals surface area contributed by atoms with E-state index in [0.717, 1.165) is 50.1 Å². The summed E-state index contributed by atoms with van der Waals surface area (Å²) in [5.74, 6) is 1.23. The van der Waals surface area contributed by atoms with Crippen LogP contribution in [-0.4, -0.2) is 0 Å². The molecule has 1 fully saturated rings. The first-order valence-electron chi connectivity index (χ1n) is 23.2. The maximum Gasteiger partial charge on any atom is 0.145 e. The minimum Gasteiger partial charge on any atom is -0.455 e. The van der Waals surface area contributed by atoms with E-state index in [1.807, 2.05) is 0 Å². The van der Waals surface area contributed by atoms with Gasteiger partial charge in [-0.05, 0) is 144 Å². The van der Waals surface area contributed by atoms with Gasteiger partial charge in [-0.25, -0.2) is 0 Å². The smallest absolute Gasteiger partial charge is 0.145 e. The van der Waals surface area contributed by atoms with E-state index < -0.39 is 5.41 Å². The highest BCUT2D eigenvalue weighted by molar-refractivity contribution is 6.25. The normalized spacial score (nSPS) is 19.8. The van der Waals surface area contributed by atoms with Crippen molar-refractivity contribution >= 4 is 55.3 Å². The molecule has 0 radical (unpaired) electrons. The molecule has 1 heterocycles. The van der Waals surface area contributed by atoms with Crippen LogP contribution in [0.3, 0.4) is 0 Å². The van der Waals surface area contributed by atoms with E-state index in [1.165, 1.54) is 78.4 Å². The number of benzene rings is 9. The third kappa shape index (κ3) is 4.54. The molecule has 2 nitrogen and oxygen atoms in total. The maximum absolute atomic E-state index is 7.12. The van der Waals surface area contributed by atoms with Crippen LogP contribution in [0.25, 0.3) is 71.7 Å². The summed E-state index contributed by atoms with van der Waals surface area (Å²) in [7, 11) is 0. The van der Waals surface area contributed by atoms with Gasteiger partial charge < -0.3 is 9.32 Å². The minimum absolute atomic E-state index is 0.174. The summed E-state index contributed by atoms with van der Waals surface area (Å²) >= 11 is 0. The first kappa shape index (κ1) is 35.7. The second-order valence-electron chi connectivity index (χ2n) is 19.5. The fourth-order valence-corrected chi connectivity index (χ4v) is 13.0. The minimum atomic E-state index is -0.420. The Morgan fingerprint density at radius 2 is 1.12 bits per heavy atom.